The van der Waals surface area contributed by atoms with E-state index in [2.05, 4.69) is 15.9 Å². The number of aryl methyl sites for hydroxylation is 1. The first-order valence-electron chi connectivity index (χ1n) is 5.15. The number of hydrogen-bond acceptors (Lipinski definition) is 3. The fourth-order valence-corrected chi connectivity index (χ4v) is 3.44. The van der Waals surface area contributed by atoms with E-state index in [1.165, 1.54) is 11.4 Å². The third-order valence-electron chi connectivity index (χ3n) is 2.68. The molecule has 0 saturated carbocycles. The fraction of sp³-hybridized carbons (Fsp3) is 0.455. The van der Waals surface area contributed by atoms with E-state index in [1.807, 2.05) is 0 Å². The molecule has 0 spiro atoms. The summed E-state index contributed by atoms with van der Waals surface area (Å²) in [6.07, 6.45) is 0. The van der Waals surface area contributed by atoms with Crippen molar-refractivity contribution in [2.24, 2.45) is 0 Å². The van der Waals surface area contributed by atoms with E-state index in [4.69, 9.17) is 5.11 Å². The third kappa shape index (κ3) is 3.07. The molecule has 96 valence electrons. The predicted molar refractivity (Wildman–Crippen MR) is 70.4 cm³/mol. The van der Waals surface area contributed by atoms with Gasteiger partial charge in [0, 0.05) is 17.6 Å². The van der Waals surface area contributed by atoms with Gasteiger partial charge in [0.15, 0.2) is 0 Å². The monoisotopic (exact) mass is 321 g/mol. The molecule has 0 saturated heterocycles. The van der Waals surface area contributed by atoms with Gasteiger partial charge in [-0.05, 0) is 37.6 Å². The van der Waals surface area contributed by atoms with Gasteiger partial charge in [-0.3, -0.25) is 0 Å². The third-order valence-corrected chi connectivity index (χ3v) is 5.30. The van der Waals surface area contributed by atoms with Gasteiger partial charge >= 0.3 is 0 Å². The Balaban J connectivity index is 3.22. The number of halogens is 1. The highest BCUT2D eigenvalue weighted by Gasteiger charge is 2.26. The predicted octanol–water partition coefficient (Wildman–Crippen LogP) is 1.76. The van der Waals surface area contributed by atoms with Crippen LogP contribution in [0, 0.1) is 6.92 Å². The van der Waals surface area contributed by atoms with E-state index >= 15 is 0 Å². The second-order valence-corrected chi connectivity index (χ2v) is 6.84. The Morgan fingerprint density at radius 1 is 1.47 bits per heavy atom. The number of aliphatic hydroxyl groups is 1. The molecule has 17 heavy (non-hydrogen) atoms. The normalized spacial score (nSPS) is 14.0. The highest BCUT2D eigenvalue weighted by Crippen LogP contribution is 2.23. The van der Waals surface area contributed by atoms with Crippen LogP contribution in [0.4, 0.5) is 0 Å². The number of rotatable bonds is 4. The van der Waals surface area contributed by atoms with Crippen molar-refractivity contribution in [3.8, 4) is 0 Å². The number of benzene rings is 1. The van der Waals surface area contributed by atoms with Gasteiger partial charge in [0.05, 0.1) is 11.5 Å². The molecule has 1 aromatic rings. The zero-order valence-corrected chi connectivity index (χ0v) is 12.4. The molecular formula is C11H16BrNO3S. The van der Waals surface area contributed by atoms with Gasteiger partial charge in [-0.15, -0.1) is 0 Å². The lowest BCUT2D eigenvalue weighted by atomic mass is 10.2. The molecule has 1 aromatic carbocycles. The van der Waals surface area contributed by atoms with Crippen LogP contribution in [-0.2, 0) is 10.0 Å². The Morgan fingerprint density at radius 2 is 2.06 bits per heavy atom. The molecule has 0 bridgehead atoms. The van der Waals surface area contributed by atoms with E-state index in [-0.39, 0.29) is 11.5 Å². The van der Waals surface area contributed by atoms with E-state index in [0.717, 1.165) is 4.47 Å². The van der Waals surface area contributed by atoms with Gasteiger partial charge in [0.25, 0.3) is 0 Å². The average molecular weight is 322 g/mol. The summed E-state index contributed by atoms with van der Waals surface area (Å²) in [6.45, 7) is 3.20. The van der Waals surface area contributed by atoms with Crippen LogP contribution in [0.25, 0.3) is 0 Å². The molecule has 0 aliphatic rings. The number of aliphatic hydroxyl groups excluding tert-OH is 1. The zero-order valence-electron chi connectivity index (χ0n) is 10.0. The molecule has 1 N–H and O–H groups in total. The summed E-state index contributed by atoms with van der Waals surface area (Å²) in [7, 11) is -2.08. The van der Waals surface area contributed by atoms with Gasteiger partial charge in [-0.1, -0.05) is 15.9 Å². The van der Waals surface area contributed by atoms with Crippen LogP contribution in [-0.4, -0.2) is 37.5 Å². The van der Waals surface area contributed by atoms with Crippen molar-refractivity contribution in [1.29, 1.82) is 0 Å². The molecule has 0 fully saturated rings. The Labute approximate surface area is 110 Å². The van der Waals surface area contributed by atoms with Crippen LogP contribution < -0.4 is 0 Å². The Kier molecular flexibility index (Phi) is 4.71. The first-order chi connectivity index (χ1) is 7.80. The smallest absolute Gasteiger partial charge is 0.243 e. The van der Waals surface area contributed by atoms with Crippen molar-refractivity contribution in [2.75, 3.05) is 13.7 Å². The van der Waals surface area contributed by atoms with Crippen molar-refractivity contribution in [3.05, 3.63) is 28.2 Å². The molecule has 1 rings (SSSR count). The summed E-state index contributed by atoms with van der Waals surface area (Å²) < 4.78 is 26.6. The molecule has 0 aromatic heterocycles. The van der Waals surface area contributed by atoms with Gasteiger partial charge < -0.3 is 5.11 Å². The summed E-state index contributed by atoms with van der Waals surface area (Å²) in [4.78, 5) is 0.267. The Hall–Kier alpha value is -0.430. The molecule has 0 unspecified atom stereocenters. The molecule has 0 amide bonds. The van der Waals surface area contributed by atoms with E-state index < -0.39 is 16.1 Å². The summed E-state index contributed by atoms with van der Waals surface area (Å²) >= 11 is 3.29. The molecular weight excluding hydrogens is 306 g/mol. The van der Waals surface area contributed by atoms with Crippen LogP contribution in [0.15, 0.2) is 27.6 Å². The molecule has 0 radical (unpaired) electrons. The van der Waals surface area contributed by atoms with Crippen LogP contribution in [0.1, 0.15) is 12.5 Å². The van der Waals surface area contributed by atoms with Gasteiger partial charge in [0.2, 0.25) is 10.0 Å². The van der Waals surface area contributed by atoms with E-state index in [9.17, 15) is 8.42 Å². The average Bonchev–Trinajstić information content (AvgIpc) is 2.26. The van der Waals surface area contributed by atoms with Crippen LogP contribution >= 0.6 is 15.9 Å². The molecule has 6 heteroatoms. The minimum absolute atomic E-state index is 0.203. The van der Waals surface area contributed by atoms with Crippen molar-refractivity contribution >= 4 is 26.0 Å². The summed E-state index contributed by atoms with van der Waals surface area (Å²) in [5.41, 5.74) is 0.677. The first-order valence-corrected chi connectivity index (χ1v) is 7.39. The first kappa shape index (κ1) is 14.6. The van der Waals surface area contributed by atoms with Crippen LogP contribution in [0.5, 0.6) is 0 Å². The number of sulfonamides is 1. The number of hydrogen-bond donors (Lipinski definition) is 1. The molecule has 0 aliphatic heterocycles. The largest absolute Gasteiger partial charge is 0.395 e. The quantitative estimate of drug-likeness (QED) is 0.919. The van der Waals surface area contributed by atoms with Crippen LogP contribution in [0.2, 0.25) is 0 Å². The summed E-state index contributed by atoms with van der Waals surface area (Å²) in [6, 6.07) is 4.57. The minimum Gasteiger partial charge on any atom is -0.395 e. The van der Waals surface area contributed by atoms with E-state index in [1.54, 1.807) is 32.0 Å². The van der Waals surface area contributed by atoms with Crippen molar-refractivity contribution in [1.82, 2.24) is 4.31 Å². The Morgan fingerprint density at radius 3 is 2.53 bits per heavy atom. The lowest BCUT2D eigenvalue weighted by Crippen LogP contribution is -2.37. The lowest BCUT2D eigenvalue weighted by Gasteiger charge is -2.23. The fourth-order valence-electron chi connectivity index (χ4n) is 1.41. The highest BCUT2D eigenvalue weighted by molar-refractivity contribution is 9.10. The second kappa shape index (κ2) is 5.48. The highest BCUT2D eigenvalue weighted by atomic mass is 79.9. The maximum Gasteiger partial charge on any atom is 0.243 e. The summed E-state index contributed by atoms with van der Waals surface area (Å²) in [5.74, 6) is 0. The van der Waals surface area contributed by atoms with Crippen molar-refractivity contribution in [3.63, 3.8) is 0 Å². The van der Waals surface area contributed by atoms with Crippen LogP contribution in [0.3, 0.4) is 0 Å². The second-order valence-electron chi connectivity index (χ2n) is 3.96. The lowest BCUT2D eigenvalue weighted by molar-refractivity contribution is 0.214. The molecule has 0 heterocycles. The molecule has 1 atom stereocenters. The zero-order chi connectivity index (χ0) is 13.2. The van der Waals surface area contributed by atoms with Gasteiger partial charge in [-0.2, -0.15) is 4.31 Å². The summed E-state index contributed by atoms with van der Waals surface area (Å²) in [5, 5.41) is 9.02. The maximum absolute atomic E-state index is 12.3. The number of nitrogens with zero attached hydrogens (tertiary/aromatic N) is 1. The topological polar surface area (TPSA) is 57.6 Å². The number of likely N-dealkylation sites (N-methyl/N-ethyl adjacent to an activating group) is 1. The minimum atomic E-state index is -3.55. The molecule has 0 aliphatic carbocycles. The van der Waals surface area contributed by atoms with Crippen molar-refractivity contribution in [2.45, 2.75) is 24.8 Å². The van der Waals surface area contributed by atoms with Gasteiger partial charge in [0.1, 0.15) is 0 Å². The van der Waals surface area contributed by atoms with E-state index in [0.29, 0.717) is 5.56 Å². The Bertz CT molecular complexity index is 501. The maximum atomic E-state index is 12.3. The van der Waals surface area contributed by atoms with Crippen molar-refractivity contribution < 1.29 is 13.5 Å². The van der Waals surface area contributed by atoms with Gasteiger partial charge in [-0.25, -0.2) is 8.42 Å². The SMILES string of the molecule is Cc1cc(Br)ccc1S(=O)(=O)N(C)[C@@H](C)CO. The molecule has 4 nitrogen and oxygen atoms in total. The standard InChI is InChI=1S/C11H16BrNO3S/c1-8-6-10(12)4-5-11(8)17(15,16)13(3)9(2)7-14/h4-6,9,14H,7H2,1-3H3/t9-/m0/s1.